The first-order valence-corrected chi connectivity index (χ1v) is 7.90. The van der Waals surface area contributed by atoms with Crippen LogP contribution in [0.3, 0.4) is 0 Å². The van der Waals surface area contributed by atoms with Gasteiger partial charge in [-0.2, -0.15) is 0 Å². The lowest BCUT2D eigenvalue weighted by Crippen LogP contribution is -2.51. The number of nitrogens with one attached hydrogen (secondary N) is 2. The van der Waals surface area contributed by atoms with Crippen LogP contribution in [-0.2, 0) is 11.2 Å². The minimum absolute atomic E-state index is 0.235. The fourth-order valence-corrected chi connectivity index (χ4v) is 2.94. The normalized spacial score (nSPS) is 17.7. The SMILES string of the molecule is CNC(=O)NC(=O)[C@@H](C)N1CCC(Cc2ccccc2)CC1. The highest BCUT2D eigenvalue weighted by atomic mass is 16.2. The number of imide groups is 1. The van der Waals surface area contributed by atoms with Crippen LogP contribution in [0, 0.1) is 5.92 Å². The molecule has 2 N–H and O–H groups in total. The van der Waals surface area contributed by atoms with Gasteiger partial charge in [0.15, 0.2) is 0 Å². The summed E-state index contributed by atoms with van der Waals surface area (Å²) in [5, 5.41) is 4.75. The fraction of sp³-hybridized carbons (Fsp3) is 0.529. The number of hydrogen-bond donors (Lipinski definition) is 2. The topological polar surface area (TPSA) is 61.4 Å². The second kappa shape index (κ2) is 7.94. The van der Waals surface area contributed by atoms with E-state index in [9.17, 15) is 9.59 Å². The van der Waals surface area contributed by atoms with Crippen molar-refractivity contribution in [1.29, 1.82) is 0 Å². The minimum Gasteiger partial charge on any atom is -0.341 e. The van der Waals surface area contributed by atoms with Gasteiger partial charge in [-0.15, -0.1) is 0 Å². The number of nitrogens with zero attached hydrogens (tertiary/aromatic N) is 1. The summed E-state index contributed by atoms with van der Waals surface area (Å²) in [5.74, 6) is 0.439. The van der Waals surface area contributed by atoms with Crippen molar-refractivity contribution in [3.63, 3.8) is 0 Å². The van der Waals surface area contributed by atoms with Gasteiger partial charge < -0.3 is 5.32 Å². The van der Waals surface area contributed by atoms with Crippen LogP contribution < -0.4 is 10.6 Å². The van der Waals surface area contributed by atoms with Crippen LogP contribution in [0.1, 0.15) is 25.3 Å². The Balaban J connectivity index is 1.79. The highest BCUT2D eigenvalue weighted by molar-refractivity contribution is 5.96. The monoisotopic (exact) mass is 303 g/mol. The number of benzene rings is 1. The van der Waals surface area contributed by atoms with E-state index in [-0.39, 0.29) is 11.9 Å². The largest absolute Gasteiger partial charge is 0.341 e. The molecule has 120 valence electrons. The number of carbonyl (C=O) groups excluding carboxylic acids is 2. The quantitative estimate of drug-likeness (QED) is 0.891. The third kappa shape index (κ3) is 4.56. The number of carbonyl (C=O) groups is 2. The molecule has 22 heavy (non-hydrogen) atoms. The van der Waals surface area contributed by atoms with Crippen LogP contribution in [0.5, 0.6) is 0 Å². The molecule has 2 rings (SSSR count). The highest BCUT2D eigenvalue weighted by Gasteiger charge is 2.27. The molecule has 5 nitrogen and oxygen atoms in total. The molecule has 1 atom stereocenters. The summed E-state index contributed by atoms with van der Waals surface area (Å²) in [7, 11) is 1.50. The third-order valence-electron chi connectivity index (χ3n) is 4.41. The molecule has 1 saturated heterocycles. The summed E-state index contributed by atoms with van der Waals surface area (Å²) < 4.78 is 0. The van der Waals surface area contributed by atoms with E-state index in [1.165, 1.54) is 12.6 Å². The zero-order valence-electron chi connectivity index (χ0n) is 13.3. The van der Waals surface area contributed by atoms with E-state index in [1.54, 1.807) is 0 Å². The number of urea groups is 1. The summed E-state index contributed by atoms with van der Waals surface area (Å²) in [6, 6.07) is 9.83. The molecular weight excluding hydrogens is 278 g/mol. The Morgan fingerprint density at radius 2 is 1.86 bits per heavy atom. The molecule has 0 aromatic heterocycles. The van der Waals surface area contributed by atoms with Gasteiger partial charge in [-0.1, -0.05) is 30.3 Å². The number of rotatable bonds is 4. The zero-order chi connectivity index (χ0) is 15.9. The molecule has 1 fully saturated rings. The van der Waals surface area contributed by atoms with E-state index in [1.807, 2.05) is 13.0 Å². The van der Waals surface area contributed by atoms with Crippen LogP contribution in [0.4, 0.5) is 4.79 Å². The van der Waals surface area contributed by atoms with Gasteiger partial charge in [-0.25, -0.2) is 4.79 Å². The van der Waals surface area contributed by atoms with Crippen molar-refractivity contribution in [3.05, 3.63) is 35.9 Å². The lowest BCUT2D eigenvalue weighted by atomic mass is 9.89. The van der Waals surface area contributed by atoms with Crippen molar-refractivity contribution < 1.29 is 9.59 Å². The predicted octanol–water partition coefficient (Wildman–Crippen LogP) is 1.79. The molecular formula is C17H25N3O2. The van der Waals surface area contributed by atoms with Gasteiger partial charge in [0.25, 0.3) is 0 Å². The average Bonchev–Trinajstić information content (AvgIpc) is 2.55. The van der Waals surface area contributed by atoms with Crippen LogP contribution in [0.25, 0.3) is 0 Å². The number of piperidine rings is 1. The molecule has 0 aliphatic carbocycles. The number of likely N-dealkylation sites (tertiary alicyclic amines) is 1. The first-order valence-electron chi connectivity index (χ1n) is 7.90. The van der Waals surface area contributed by atoms with Crippen LogP contribution in [-0.4, -0.2) is 43.0 Å². The average molecular weight is 303 g/mol. The number of hydrogen-bond acceptors (Lipinski definition) is 3. The molecule has 0 radical (unpaired) electrons. The standard InChI is InChI=1S/C17H25N3O2/c1-13(16(21)19-17(22)18-2)20-10-8-15(9-11-20)12-14-6-4-3-5-7-14/h3-7,13,15H,8-12H2,1-2H3,(H2,18,19,21,22)/t13-/m1/s1. The molecule has 1 aromatic rings. The minimum atomic E-state index is -0.448. The fourth-order valence-electron chi connectivity index (χ4n) is 2.94. The molecule has 0 saturated carbocycles. The van der Waals surface area contributed by atoms with Crippen molar-refractivity contribution in [2.24, 2.45) is 5.92 Å². The first-order chi connectivity index (χ1) is 10.6. The van der Waals surface area contributed by atoms with Crippen molar-refractivity contribution in [3.8, 4) is 0 Å². The van der Waals surface area contributed by atoms with Gasteiger partial charge in [0.2, 0.25) is 5.91 Å². The number of amides is 3. The summed E-state index contributed by atoms with van der Waals surface area (Å²) in [6.07, 6.45) is 3.28. The van der Waals surface area contributed by atoms with Gasteiger partial charge in [0, 0.05) is 7.05 Å². The Kier molecular flexibility index (Phi) is 5.95. The molecule has 0 spiro atoms. The van der Waals surface area contributed by atoms with Crippen molar-refractivity contribution >= 4 is 11.9 Å². The van der Waals surface area contributed by atoms with Gasteiger partial charge >= 0.3 is 6.03 Å². The van der Waals surface area contributed by atoms with Gasteiger partial charge in [0.1, 0.15) is 0 Å². The van der Waals surface area contributed by atoms with Crippen molar-refractivity contribution in [1.82, 2.24) is 15.5 Å². The maximum absolute atomic E-state index is 12.0. The van der Waals surface area contributed by atoms with Crippen LogP contribution in [0.2, 0.25) is 0 Å². The van der Waals surface area contributed by atoms with E-state index >= 15 is 0 Å². The Morgan fingerprint density at radius 3 is 2.45 bits per heavy atom. The molecule has 1 aromatic carbocycles. The Bertz CT molecular complexity index is 496. The summed E-state index contributed by atoms with van der Waals surface area (Å²) in [6.45, 7) is 3.66. The molecule has 1 aliphatic rings. The van der Waals surface area contributed by atoms with E-state index < -0.39 is 6.03 Å². The smallest absolute Gasteiger partial charge is 0.321 e. The van der Waals surface area contributed by atoms with E-state index in [0.29, 0.717) is 5.92 Å². The highest BCUT2D eigenvalue weighted by Crippen LogP contribution is 2.22. The second-order valence-corrected chi connectivity index (χ2v) is 5.91. The molecule has 3 amide bonds. The third-order valence-corrected chi connectivity index (χ3v) is 4.41. The Labute approximate surface area is 132 Å². The lowest BCUT2D eigenvalue weighted by Gasteiger charge is -2.35. The van der Waals surface area contributed by atoms with E-state index in [2.05, 4.69) is 39.8 Å². The zero-order valence-corrected chi connectivity index (χ0v) is 13.3. The summed E-state index contributed by atoms with van der Waals surface area (Å²) in [5.41, 5.74) is 1.38. The summed E-state index contributed by atoms with van der Waals surface area (Å²) in [4.78, 5) is 25.3. The molecule has 0 bridgehead atoms. The lowest BCUT2D eigenvalue weighted by molar-refractivity contribution is -0.125. The maximum atomic E-state index is 12.0. The van der Waals surface area contributed by atoms with Crippen LogP contribution in [0.15, 0.2) is 30.3 Å². The van der Waals surface area contributed by atoms with Crippen molar-refractivity contribution in [2.75, 3.05) is 20.1 Å². The van der Waals surface area contributed by atoms with Gasteiger partial charge in [-0.3, -0.25) is 15.0 Å². The Hall–Kier alpha value is -1.88. The molecule has 5 heteroatoms. The Morgan fingerprint density at radius 1 is 1.23 bits per heavy atom. The molecule has 0 unspecified atom stereocenters. The van der Waals surface area contributed by atoms with E-state index in [0.717, 1.165) is 32.4 Å². The van der Waals surface area contributed by atoms with Crippen LogP contribution >= 0.6 is 0 Å². The molecule has 1 aliphatic heterocycles. The maximum Gasteiger partial charge on any atom is 0.321 e. The second-order valence-electron chi connectivity index (χ2n) is 5.91. The van der Waals surface area contributed by atoms with Crippen molar-refractivity contribution in [2.45, 2.75) is 32.2 Å². The van der Waals surface area contributed by atoms with Gasteiger partial charge in [0.05, 0.1) is 6.04 Å². The molecule has 1 heterocycles. The van der Waals surface area contributed by atoms with Gasteiger partial charge in [-0.05, 0) is 50.8 Å². The van der Waals surface area contributed by atoms with E-state index in [4.69, 9.17) is 0 Å². The first kappa shape index (κ1) is 16.5. The predicted molar refractivity (Wildman–Crippen MR) is 86.5 cm³/mol. The summed E-state index contributed by atoms with van der Waals surface area (Å²) >= 11 is 0.